The lowest BCUT2D eigenvalue weighted by Gasteiger charge is -2.35. The summed E-state index contributed by atoms with van der Waals surface area (Å²) in [5.41, 5.74) is 3.22. The number of nitrogens with zero attached hydrogens (tertiary/aromatic N) is 7. The van der Waals surface area contributed by atoms with Crippen molar-refractivity contribution < 1.29 is 27.1 Å². The number of amides is 2. The molecule has 7 rings (SSSR count). The number of rotatable bonds is 6. The molecule has 5 heterocycles. The summed E-state index contributed by atoms with van der Waals surface area (Å²) in [6.45, 7) is 5.22. The third-order valence-corrected chi connectivity index (χ3v) is 9.17. The van der Waals surface area contributed by atoms with Crippen LogP contribution in [0.3, 0.4) is 0 Å². The highest BCUT2D eigenvalue weighted by Crippen LogP contribution is 2.36. The van der Waals surface area contributed by atoms with Crippen molar-refractivity contribution in [3.05, 3.63) is 101 Å². The first-order valence-electron chi connectivity index (χ1n) is 15.9. The van der Waals surface area contributed by atoms with Crippen molar-refractivity contribution in [2.75, 3.05) is 38.5 Å². The Morgan fingerprint density at radius 3 is 2.55 bits per heavy atom. The zero-order chi connectivity index (χ0) is 34.3. The van der Waals surface area contributed by atoms with E-state index in [2.05, 4.69) is 25.5 Å². The predicted molar refractivity (Wildman–Crippen MR) is 175 cm³/mol. The minimum absolute atomic E-state index is 0.0152. The topological polar surface area (TPSA) is 91.1 Å². The van der Waals surface area contributed by atoms with Gasteiger partial charge in [-0.2, -0.15) is 28.5 Å². The van der Waals surface area contributed by atoms with E-state index in [1.165, 1.54) is 16.6 Å². The summed E-state index contributed by atoms with van der Waals surface area (Å²) in [7, 11) is 1.99. The van der Waals surface area contributed by atoms with Crippen molar-refractivity contribution in [2.45, 2.75) is 38.7 Å². The van der Waals surface area contributed by atoms with Gasteiger partial charge in [-0.3, -0.25) is 4.90 Å². The fraction of sp³-hybridized carbons (Fsp3) is 0.314. The first kappa shape index (κ1) is 32.5. The number of piperazine rings is 1. The highest BCUT2D eigenvalue weighted by atomic mass is 19.4. The van der Waals surface area contributed by atoms with Crippen molar-refractivity contribution in [1.29, 1.82) is 0 Å². The Hall–Kier alpha value is -5.08. The van der Waals surface area contributed by atoms with Crippen LogP contribution in [0.5, 0.6) is 11.5 Å². The van der Waals surface area contributed by atoms with Crippen LogP contribution in [0.4, 0.5) is 28.0 Å². The van der Waals surface area contributed by atoms with Crippen LogP contribution in [0.25, 0.3) is 16.6 Å². The maximum absolute atomic E-state index is 15.1. The van der Waals surface area contributed by atoms with Crippen LogP contribution < -0.4 is 10.1 Å². The molecule has 1 saturated heterocycles. The van der Waals surface area contributed by atoms with Crippen LogP contribution in [-0.2, 0) is 25.7 Å². The molecule has 0 bridgehead atoms. The van der Waals surface area contributed by atoms with Crippen molar-refractivity contribution in [2.24, 2.45) is 0 Å². The first-order chi connectivity index (χ1) is 23.5. The van der Waals surface area contributed by atoms with E-state index in [1.54, 1.807) is 47.8 Å². The molecule has 3 aromatic heterocycles. The number of fused-ring (bicyclic) bond motifs is 2. The molecular formula is C35H34F4N8O2. The Morgan fingerprint density at radius 2 is 1.80 bits per heavy atom. The maximum Gasteiger partial charge on any atom is 0.416 e. The lowest BCUT2D eigenvalue weighted by atomic mass is 9.95. The average Bonchev–Trinajstić information content (AvgIpc) is 3.52. The molecule has 2 aliphatic rings. The van der Waals surface area contributed by atoms with E-state index in [-0.39, 0.29) is 36.1 Å². The molecule has 5 aromatic rings. The molecule has 0 saturated carbocycles. The van der Waals surface area contributed by atoms with E-state index in [9.17, 15) is 18.0 Å². The number of anilines is 1. The molecule has 2 amide bonds. The van der Waals surface area contributed by atoms with E-state index in [4.69, 9.17) is 4.74 Å². The summed E-state index contributed by atoms with van der Waals surface area (Å²) in [6, 6.07) is 12.2. The number of urea groups is 1. The van der Waals surface area contributed by atoms with E-state index in [0.29, 0.717) is 30.8 Å². The van der Waals surface area contributed by atoms with Crippen molar-refractivity contribution in [3.63, 3.8) is 0 Å². The van der Waals surface area contributed by atoms with Crippen molar-refractivity contribution in [1.82, 2.24) is 34.5 Å². The van der Waals surface area contributed by atoms with Crippen LogP contribution in [0.1, 0.15) is 29.2 Å². The molecule has 49 heavy (non-hydrogen) atoms. The predicted octanol–water partition coefficient (Wildman–Crippen LogP) is 6.47. The summed E-state index contributed by atoms with van der Waals surface area (Å²) >= 11 is 0. The average molecular weight is 675 g/mol. The fourth-order valence-corrected chi connectivity index (χ4v) is 6.40. The second kappa shape index (κ2) is 13.1. The normalized spacial score (nSPS) is 17.3. The molecule has 1 unspecified atom stereocenters. The van der Waals surface area contributed by atoms with Gasteiger partial charge in [0.05, 0.1) is 24.2 Å². The van der Waals surface area contributed by atoms with Gasteiger partial charge in [-0.25, -0.2) is 13.7 Å². The van der Waals surface area contributed by atoms with Gasteiger partial charge in [0.15, 0.2) is 11.6 Å². The summed E-state index contributed by atoms with van der Waals surface area (Å²) in [4.78, 5) is 19.2. The van der Waals surface area contributed by atoms with E-state index in [0.717, 1.165) is 47.6 Å². The Bertz CT molecular complexity index is 1990. The standard InChI is InChI=1S/C35H34F4N8O2/c1-22-13-23-4-6-29(49-33-31(36)18-42-47-21-27(15-32(33)47)24-7-8-40-41-17-24)14-26(23)20-46(22)34(48)43-28-5-3-25(30(16-28)35(37,38)39)19-45-11-9-44(2)10-12-45/h3-8,14-18,21-22H,9-13,19-20H2,1-2H3,(H,43,48). The first-order valence-corrected chi connectivity index (χ1v) is 15.9. The van der Waals surface area contributed by atoms with E-state index in [1.807, 2.05) is 24.9 Å². The monoisotopic (exact) mass is 674 g/mol. The Kier molecular flexibility index (Phi) is 8.67. The summed E-state index contributed by atoms with van der Waals surface area (Å²) in [5.74, 6) is -0.302. The zero-order valence-electron chi connectivity index (χ0n) is 26.9. The van der Waals surface area contributed by atoms with Crippen LogP contribution in [0, 0.1) is 5.82 Å². The zero-order valence-corrected chi connectivity index (χ0v) is 26.9. The van der Waals surface area contributed by atoms with Gasteiger partial charge in [0.2, 0.25) is 0 Å². The number of halogens is 4. The summed E-state index contributed by atoms with van der Waals surface area (Å²) in [6.07, 6.45) is 1.92. The van der Waals surface area contributed by atoms with E-state index < -0.39 is 23.6 Å². The maximum atomic E-state index is 15.1. The Labute approximate surface area is 279 Å². The second-order valence-corrected chi connectivity index (χ2v) is 12.6. The second-order valence-electron chi connectivity index (χ2n) is 12.6. The Balaban J connectivity index is 1.08. The number of aromatic nitrogens is 4. The lowest BCUT2D eigenvalue weighted by molar-refractivity contribution is -0.138. The van der Waals surface area contributed by atoms with Gasteiger partial charge in [-0.1, -0.05) is 12.1 Å². The van der Waals surface area contributed by atoms with Crippen LogP contribution in [0.15, 0.2) is 73.3 Å². The number of hydrogen-bond acceptors (Lipinski definition) is 7. The molecule has 254 valence electrons. The molecule has 2 aliphatic heterocycles. The van der Waals surface area contributed by atoms with Gasteiger partial charge >= 0.3 is 12.2 Å². The van der Waals surface area contributed by atoms with Gasteiger partial charge in [-0.15, -0.1) is 0 Å². The SMILES string of the molecule is CC1Cc2ccc(Oc3c(F)cnn4cc(-c5ccnnc5)cc34)cc2CN1C(=O)Nc1ccc(CN2CCN(C)CC2)c(C(F)(F)F)c1. The highest BCUT2D eigenvalue weighted by molar-refractivity contribution is 5.90. The van der Waals surface area contributed by atoms with Crippen LogP contribution >= 0.6 is 0 Å². The molecule has 0 aliphatic carbocycles. The number of nitrogens with one attached hydrogen (secondary N) is 1. The molecule has 0 spiro atoms. The molecule has 1 atom stereocenters. The molecule has 14 heteroatoms. The van der Waals surface area contributed by atoms with Gasteiger partial charge in [0, 0.05) is 68.3 Å². The van der Waals surface area contributed by atoms with Crippen molar-refractivity contribution in [3.8, 4) is 22.6 Å². The molecule has 2 aromatic carbocycles. The molecule has 10 nitrogen and oxygen atoms in total. The van der Waals surface area contributed by atoms with E-state index >= 15 is 4.39 Å². The summed E-state index contributed by atoms with van der Waals surface area (Å²) < 4.78 is 65.1. The molecular weight excluding hydrogens is 640 g/mol. The third-order valence-electron chi connectivity index (χ3n) is 9.17. The largest absolute Gasteiger partial charge is 0.452 e. The number of alkyl halides is 3. The minimum Gasteiger partial charge on any atom is -0.452 e. The van der Waals surface area contributed by atoms with Gasteiger partial charge in [-0.05, 0) is 73.5 Å². The molecule has 0 radical (unpaired) electrons. The van der Waals surface area contributed by atoms with Gasteiger partial charge in [0.1, 0.15) is 11.3 Å². The fourth-order valence-electron chi connectivity index (χ4n) is 6.40. The number of likely N-dealkylation sites (N-methyl/N-ethyl adjacent to an activating group) is 1. The number of hydrogen-bond donors (Lipinski definition) is 1. The van der Waals surface area contributed by atoms with Crippen molar-refractivity contribution >= 4 is 17.2 Å². The number of benzene rings is 2. The lowest BCUT2D eigenvalue weighted by Crippen LogP contribution is -2.44. The minimum atomic E-state index is -4.57. The smallest absolute Gasteiger partial charge is 0.416 e. The quantitative estimate of drug-likeness (QED) is 0.207. The number of carbonyl (C=O) groups is 1. The highest BCUT2D eigenvalue weighted by Gasteiger charge is 2.35. The van der Waals surface area contributed by atoms with Gasteiger partial charge < -0.3 is 19.9 Å². The van der Waals surface area contributed by atoms with Crippen LogP contribution in [-0.4, -0.2) is 79.8 Å². The Morgan fingerprint density at radius 1 is 0.980 bits per heavy atom. The number of ether oxygens (including phenoxy) is 1. The molecule has 1 fully saturated rings. The molecule has 1 N–H and O–H groups in total. The van der Waals surface area contributed by atoms with Gasteiger partial charge in [0.25, 0.3) is 0 Å². The van der Waals surface area contributed by atoms with Crippen LogP contribution in [0.2, 0.25) is 0 Å². The number of carbonyl (C=O) groups excluding carboxylic acids is 1. The third kappa shape index (κ3) is 6.92. The summed E-state index contributed by atoms with van der Waals surface area (Å²) in [5, 5.41) is 14.5.